The molecule has 2 N–H and O–H groups in total. The Labute approximate surface area is 136 Å². The van der Waals surface area contributed by atoms with Crippen LogP contribution in [0.5, 0.6) is 0 Å². The molecule has 0 aromatic carbocycles. The summed E-state index contributed by atoms with van der Waals surface area (Å²) in [5.74, 6) is -1.18. The number of aliphatic carboxylic acids is 1. The van der Waals surface area contributed by atoms with Crippen LogP contribution in [-0.4, -0.2) is 64.5 Å². The van der Waals surface area contributed by atoms with Crippen molar-refractivity contribution in [3.05, 3.63) is 0 Å². The number of carboxylic acids is 1. The van der Waals surface area contributed by atoms with Crippen LogP contribution >= 0.6 is 0 Å². The number of rotatable bonds is 3. The lowest BCUT2D eigenvalue weighted by atomic mass is 9.94. The van der Waals surface area contributed by atoms with Crippen LogP contribution in [0.4, 0.5) is 4.79 Å². The van der Waals surface area contributed by atoms with E-state index in [0.717, 1.165) is 12.8 Å². The molecule has 2 aliphatic heterocycles. The summed E-state index contributed by atoms with van der Waals surface area (Å²) in [5.41, 5.74) is 0. The van der Waals surface area contributed by atoms with Crippen molar-refractivity contribution in [1.29, 1.82) is 0 Å². The maximum Gasteiger partial charge on any atom is 0.317 e. The lowest BCUT2D eigenvalue weighted by molar-refractivity contribution is -0.141. The van der Waals surface area contributed by atoms with Crippen molar-refractivity contribution in [2.75, 3.05) is 19.6 Å². The summed E-state index contributed by atoms with van der Waals surface area (Å²) in [7, 11) is 0. The van der Waals surface area contributed by atoms with Crippen molar-refractivity contribution < 1.29 is 19.5 Å². The fourth-order valence-electron chi connectivity index (χ4n) is 3.99. The Morgan fingerprint density at radius 1 is 1.09 bits per heavy atom. The van der Waals surface area contributed by atoms with Crippen LogP contribution in [0.1, 0.15) is 44.9 Å². The second-order valence-corrected chi connectivity index (χ2v) is 6.96. The minimum absolute atomic E-state index is 0.132. The summed E-state index contributed by atoms with van der Waals surface area (Å²) < 4.78 is 0. The molecule has 2 atom stereocenters. The van der Waals surface area contributed by atoms with Gasteiger partial charge in [0.05, 0.1) is 12.0 Å². The molecule has 3 fully saturated rings. The molecule has 1 aliphatic carbocycles. The maximum atomic E-state index is 12.3. The van der Waals surface area contributed by atoms with Crippen molar-refractivity contribution in [2.45, 2.75) is 57.0 Å². The number of nitrogens with zero attached hydrogens (tertiary/aromatic N) is 2. The van der Waals surface area contributed by atoms with Crippen LogP contribution in [0.3, 0.4) is 0 Å². The Morgan fingerprint density at radius 2 is 1.83 bits per heavy atom. The zero-order valence-electron chi connectivity index (χ0n) is 13.4. The van der Waals surface area contributed by atoms with E-state index >= 15 is 0 Å². The van der Waals surface area contributed by atoms with Crippen molar-refractivity contribution in [3.63, 3.8) is 0 Å². The Bertz CT molecular complexity index is 490. The highest BCUT2D eigenvalue weighted by molar-refractivity contribution is 5.82. The number of hydrogen-bond acceptors (Lipinski definition) is 3. The van der Waals surface area contributed by atoms with Gasteiger partial charge in [0.2, 0.25) is 5.91 Å². The van der Waals surface area contributed by atoms with Gasteiger partial charge in [0.1, 0.15) is 0 Å². The largest absolute Gasteiger partial charge is 0.481 e. The third-order valence-electron chi connectivity index (χ3n) is 5.33. The molecule has 128 valence electrons. The van der Waals surface area contributed by atoms with Crippen LogP contribution in [-0.2, 0) is 9.59 Å². The van der Waals surface area contributed by atoms with Crippen LogP contribution in [0, 0.1) is 5.92 Å². The first-order valence-corrected chi connectivity index (χ1v) is 8.62. The van der Waals surface area contributed by atoms with E-state index in [9.17, 15) is 14.4 Å². The molecule has 0 radical (unpaired) electrons. The molecule has 2 saturated heterocycles. The summed E-state index contributed by atoms with van der Waals surface area (Å²) in [4.78, 5) is 38.9. The van der Waals surface area contributed by atoms with Crippen LogP contribution in [0.15, 0.2) is 0 Å². The molecule has 3 rings (SSSR count). The van der Waals surface area contributed by atoms with Gasteiger partial charge in [-0.05, 0) is 19.3 Å². The molecule has 23 heavy (non-hydrogen) atoms. The van der Waals surface area contributed by atoms with Crippen molar-refractivity contribution >= 4 is 17.9 Å². The zero-order chi connectivity index (χ0) is 16.4. The molecular formula is C16H25N3O4. The van der Waals surface area contributed by atoms with Crippen molar-refractivity contribution in [3.8, 4) is 0 Å². The van der Waals surface area contributed by atoms with Gasteiger partial charge in [0.15, 0.2) is 0 Å². The third kappa shape index (κ3) is 3.59. The van der Waals surface area contributed by atoms with Crippen LogP contribution in [0.25, 0.3) is 0 Å². The van der Waals surface area contributed by atoms with E-state index in [-0.39, 0.29) is 24.5 Å². The molecule has 7 nitrogen and oxygen atoms in total. The molecule has 7 heteroatoms. The van der Waals surface area contributed by atoms with Gasteiger partial charge in [0, 0.05) is 32.1 Å². The Balaban J connectivity index is 1.50. The monoisotopic (exact) mass is 323 g/mol. The maximum absolute atomic E-state index is 12.3. The second-order valence-electron chi connectivity index (χ2n) is 6.96. The Kier molecular flexibility index (Phi) is 4.73. The van der Waals surface area contributed by atoms with E-state index in [2.05, 4.69) is 5.32 Å². The third-order valence-corrected chi connectivity index (χ3v) is 5.33. The molecule has 0 spiro atoms. The Morgan fingerprint density at radius 3 is 2.48 bits per heavy atom. The average molecular weight is 323 g/mol. The highest BCUT2D eigenvalue weighted by Crippen LogP contribution is 2.26. The van der Waals surface area contributed by atoms with Crippen LogP contribution in [0.2, 0.25) is 0 Å². The van der Waals surface area contributed by atoms with E-state index < -0.39 is 11.9 Å². The van der Waals surface area contributed by atoms with Crippen LogP contribution < -0.4 is 5.32 Å². The van der Waals surface area contributed by atoms with Gasteiger partial charge in [-0.1, -0.05) is 19.3 Å². The van der Waals surface area contributed by atoms with Crippen molar-refractivity contribution in [2.24, 2.45) is 5.92 Å². The van der Waals surface area contributed by atoms with Gasteiger partial charge in [0.25, 0.3) is 0 Å². The normalized spacial score (nSPS) is 29.1. The summed E-state index contributed by atoms with van der Waals surface area (Å²) >= 11 is 0. The SMILES string of the molecule is O=C(O)C1CCN(C(=O)NC2CC(=O)N(C3CCCCC3)C2)C1. The molecular weight excluding hydrogens is 298 g/mol. The summed E-state index contributed by atoms with van der Waals surface area (Å²) in [6.45, 7) is 1.31. The molecule has 0 bridgehead atoms. The zero-order valence-corrected chi connectivity index (χ0v) is 13.4. The van der Waals surface area contributed by atoms with E-state index in [4.69, 9.17) is 5.11 Å². The number of urea groups is 1. The smallest absolute Gasteiger partial charge is 0.317 e. The van der Waals surface area contributed by atoms with E-state index in [1.165, 1.54) is 19.3 Å². The van der Waals surface area contributed by atoms with Gasteiger partial charge in [-0.25, -0.2) is 4.79 Å². The lowest BCUT2D eigenvalue weighted by Crippen LogP contribution is -2.46. The Hall–Kier alpha value is -1.79. The van der Waals surface area contributed by atoms with E-state index in [1.54, 1.807) is 4.90 Å². The molecule has 1 saturated carbocycles. The van der Waals surface area contributed by atoms with Gasteiger partial charge in [-0.15, -0.1) is 0 Å². The first kappa shape index (κ1) is 16.1. The number of carbonyl (C=O) groups excluding carboxylic acids is 2. The fourth-order valence-corrected chi connectivity index (χ4v) is 3.99. The van der Waals surface area contributed by atoms with Crippen molar-refractivity contribution in [1.82, 2.24) is 15.1 Å². The fraction of sp³-hybridized carbons (Fsp3) is 0.812. The highest BCUT2D eigenvalue weighted by atomic mass is 16.4. The van der Waals surface area contributed by atoms with Gasteiger partial charge < -0.3 is 20.2 Å². The predicted octanol–water partition coefficient (Wildman–Crippen LogP) is 1.04. The number of likely N-dealkylation sites (tertiary alicyclic amines) is 2. The molecule has 2 unspecified atom stereocenters. The minimum atomic E-state index is -0.847. The molecule has 3 amide bonds. The molecule has 3 aliphatic rings. The average Bonchev–Trinajstić information content (AvgIpc) is 3.15. The quantitative estimate of drug-likeness (QED) is 0.812. The summed E-state index contributed by atoms with van der Waals surface area (Å²) in [5, 5.41) is 11.9. The number of carbonyl (C=O) groups is 3. The number of hydrogen-bond donors (Lipinski definition) is 2. The number of amides is 3. The standard InChI is InChI=1S/C16H25N3O4/c20-14-8-12(10-19(14)13-4-2-1-3-5-13)17-16(23)18-7-6-11(9-18)15(21)22/h11-13H,1-10H2,(H,17,23)(H,21,22). The number of nitrogens with one attached hydrogen (secondary N) is 1. The number of carboxylic acid groups (broad SMARTS) is 1. The first-order valence-electron chi connectivity index (χ1n) is 8.62. The van der Waals surface area contributed by atoms with Gasteiger partial charge in [-0.3, -0.25) is 9.59 Å². The first-order chi connectivity index (χ1) is 11.0. The van der Waals surface area contributed by atoms with E-state index in [1.807, 2.05) is 4.90 Å². The molecule has 0 aromatic heterocycles. The second kappa shape index (κ2) is 6.76. The molecule has 2 heterocycles. The topological polar surface area (TPSA) is 90.0 Å². The highest BCUT2D eigenvalue weighted by Gasteiger charge is 2.37. The summed E-state index contributed by atoms with van der Waals surface area (Å²) in [6, 6.07) is -0.0563. The predicted molar refractivity (Wildman–Crippen MR) is 82.8 cm³/mol. The van der Waals surface area contributed by atoms with E-state index in [0.29, 0.717) is 32.0 Å². The van der Waals surface area contributed by atoms with Gasteiger partial charge in [-0.2, -0.15) is 0 Å². The summed E-state index contributed by atoms with van der Waals surface area (Å²) in [6.07, 6.45) is 6.60. The van der Waals surface area contributed by atoms with Gasteiger partial charge >= 0.3 is 12.0 Å². The molecule has 0 aromatic rings. The lowest BCUT2D eigenvalue weighted by Gasteiger charge is -2.31. The minimum Gasteiger partial charge on any atom is -0.481 e.